The lowest BCUT2D eigenvalue weighted by Crippen LogP contribution is -2.57. The molecule has 1 aliphatic heterocycles. The molecule has 1 saturated heterocycles. The number of benzene rings is 3. The summed E-state index contributed by atoms with van der Waals surface area (Å²) >= 11 is 14.9. The van der Waals surface area contributed by atoms with E-state index in [4.69, 9.17) is 32.7 Å². The summed E-state index contributed by atoms with van der Waals surface area (Å²) in [5.74, 6) is -2.40. The van der Waals surface area contributed by atoms with Gasteiger partial charge in [-0.05, 0) is 59.4 Å². The van der Waals surface area contributed by atoms with Crippen LogP contribution in [0.15, 0.2) is 72.8 Å². The maximum absolute atomic E-state index is 13.8. The summed E-state index contributed by atoms with van der Waals surface area (Å²) in [5, 5.41) is 0. The second kappa shape index (κ2) is 10.9. The summed E-state index contributed by atoms with van der Waals surface area (Å²) in [7, 11) is 1.54. The molecule has 0 spiro atoms. The molecule has 0 saturated carbocycles. The van der Waals surface area contributed by atoms with Gasteiger partial charge in [-0.25, -0.2) is 0 Å². The smallest absolute Gasteiger partial charge is 0.306 e. The van der Waals surface area contributed by atoms with Gasteiger partial charge in [-0.2, -0.15) is 0 Å². The minimum Gasteiger partial charge on any atom is -0.497 e. The molecular formula is C33H29Cl2NO6. The lowest BCUT2D eigenvalue weighted by atomic mass is 9.54. The van der Waals surface area contributed by atoms with Gasteiger partial charge in [0.2, 0.25) is 11.8 Å². The van der Waals surface area contributed by atoms with E-state index in [0.717, 1.165) is 22.3 Å². The van der Waals surface area contributed by atoms with Gasteiger partial charge >= 0.3 is 5.97 Å². The Morgan fingerprint density at radius 2 is 1.26 bits per heavy atom. The van der Waals surface area contributed by atoms with Crippen LogP contribution in [0.4, 0.5) is 0 Å². The van der Waals surface area contributed by atoms with Crippen molar-refractivity contribution in [3.8, 4) is 5.75 Å². The summed E-state index contributed by atoms with van der Waals surface area (Å²) in [4.78, 5) is 51.0. The van der Waals surface area contributed by atoms with E-state index in [1.807, 2.05) is 48.5 Å². The number of amides is 2. The van der Waals surface area contributed by atoms with Crippen molar-refractivity contribution in [3.63, 3.8) is 0 Å². The lowest BCUT2D eigenvalue weighted by molar-refractivity contribution is -0.143. The van der Waals surface area contributed by atoms with Crippen LogP contribution in [0, 0.1) is 11.8 Å². The molecule has 3 aromatic carbocycles. The number of carbonyl (C=O) groups is 4. The largest absolute Gasteiger partial charge is 0.497 e. The third-order valence-corrected chi connectivity index (χ3v) is 10.0. The summed E-state index contributed by atoms with van der Waals surface area (Å²) in [5.41, 5.74) is 3.52. The zero-order chi connectivity index (χ0) is 29.6. The van der Waals surface area contributed by atoms with Crippen molar-refractivity contribution in [2.45, 2.75) is 35.4 Å². The number of ketones is 1. The van der Waals surface area contributed by atoms with Crippen LogP contribution in [-0.4, -0.2) is 48.7 Å². The maximum Gasteiger partial charge on any atom is 0.306 e. The number of unbranched alkanes of at least 4 members (excludes halogenated alkanes) is 2. The first-order valence-corrected chi connectivity index (χ1v) is 14.7. The molecule has 1 fully saturated rings. The second-order valence-electron chi connectivity index (χ2n) is 10.9. The van der Waals surface area contributed by atoms with E-state index in [0.29, 0.717) is 30.6 Å². The highest BCUT2D eigenvalue weighted by Crippen LogP contribution is 2.69. The minimum atomic E-state index is -1.19. The fourth-order valence-electron chi connectivity index (χ4n) is 6.74. The number of nitrogens with zero attached hydrogens (tertiary/aromatic N) is 1. The number of alkyl halides is 2. The van der Waals surface area contributed by atoms with Crippen molar-refractivity contribution in [2.24, 2.45) is 11.8 Å². The average molecular weight is 607 g/mol. The van der Waals surface area contributed by atoms with E-state index in [2.05, 4.69) is 0 Å². The first kappa shape index (κ1) is 28.4. The monoisotopic (exact) mass is 605 g/mol. The zero-order valence-electron chi connectivity index (χ0n) is 23.0. The van der Waals surface area contributed by atoms with Crippen LogP contribution in [0.1, 0.15) is 58.3 Å². The molecule has 7 rings (SSSR count). The molecule has 1 heterocycles. The van der Waals surface area contributed by atoms with E-state index < -0.39 is 27.6 Å². The van der Waals surface area contributed by atoms with Crippen LogP contribution >= 0.6 is 23.2 Å². The number of ether oxygens (including phenoxy) is 2. The number of carbonyl (C=O) groups excluding carboxylic acids is 4. The van der Waals surface area contributed by atoms with Crippen LogP contribution in [0.25, 0.3) is 0 Å². The van der Waals surface area contributed by atoms with Gasteiger partial charge in [0.25, 0.3) is 0 Å². The Balaban J connectivity index is 1.07. The van der Waals surface area contributed by atoms with Crippen LogP contribution < -0.4 is 4.74 Å². The molecule has 216 valence electrons. The Labute approximate surface area is 253 Å². The zero-order valence-corrected chi connectivity index (χ0v) is 24.5. The molecular weight excluding hydrogens is 577 g/mol. The van der Waals surface area contributed by atoms with E-state index >= 15 is 0 Å². The first-order valence-electron chi connectivity index (χ1n) is 14.0. The third-order valence-electron chi connectivity index (χ3n) is 8.72. The van der Waals surface area contributed by atoms with Crippen molar-refractivity contribution in [1.29, 1.82) is 0 Å². The Morgan fingerprint density at radius 3 is 1.74 bits per heavy atom. The van der Waals surface area contributed by atoms with Gasteiger partial charge in [-0.15, -0.1) is 23.2 Å². The highest BCUT2D eigenvalue weighted by atomic mass is 35.5. The number of Topliss-reactive ketones (excluding diaryl/α,β-unsaturated/α-hetero) is 1. The lowest BCUT2D eigenvalue weighted by Gasteiger charge is -2.54. The summed E-state index contributed by atoms with van der Waals surface area (Å²) in [6.45, 7) is -0.127. The number of hydrogen-bond donors (Lipinski definition) is 0. The topological polar surface area (TPSA) is 90.0 Å². The van der Waals surface area contributed by atoms with Crippen molar-refractivity contribution >= 4 is 46.8 Å². The fourth-order valence-corrected chi connectivity index (χ4v) is 7.84. The number of likely N-dealkylation sites (tertiary alicyclic amines) is 1. The van der Waals surface area contributed by atoms with Gasteiger partial charge in [0.15, 0.2) is 12.4 Å². The standard InChI is InChI=1S/C33H29Cl2NO6/c1-41-21-16-14-20(15-17-21)26(37)19-42-27(38)13-3-2-8-18-36-30(39)28-29(31(36)40)33(35)23-10-5-4-9-22(23)32(28,34)24-11-6-7-12-25(24)33/h4-7,9-12,14-17,28-29H,2-3,8,13,18-19H2,1H3/t28-,29-,32?,33?/m0/s1. The predicted octanol–water partition coefficient (Wildman–Crippen LogP) is 5.57. The minimum absolute atomic E-state index is 0.128. The van der Waals surface area contributed by atoms with Crippen LogP contribution in [0.2, 0.25) is 0 Å². The number of halogens is 2. The molecule has 2 amide bonds. The molecule has 0 N–H and O–H groups in total. The van der Waals surface area contributed by atoms with Crippen molar-refractivity contribution in [3.05, 3.63) is 101 Å². The summed E-state index contributed by atoms with van der Waals surface area (Å²) in [6.07, 6.45) is 1.73. The number of methoxy groups -OCH3 is 1. The van der Waals surface area contributed by atoms with Gasteiger partial charge < -0.3 is 9.47 Å². The Hall–Kier alpha value is -3.68. The van der Waals surface area contributed by atoms with Crippen molar-refractivity contribution in [2.75, 3.05) is 20.3 Å². The molecule has 0 radical (unpaired) electrons. The normalized spacial score (nSPS) is 25.1. The van der Waals surface area contributed by atoms with Crippen LogP contribution in [0.3, 0.4) is 0 Å². The molecule has 2 atom stereocenters. The molecule has 9 heteroatoms. The Morgan fingerprint density at radius 1 is 0.762 bits per heavy atom. The van der Waals surface area contributed by atoms with E-state index in [1.54, 1.807) is 24.3 Å². The van der Waals surface area contributed by atoms with Gasteiger partial charge in [0.1, 0.15) is 15.5 Å². The summed E-state index contributed by atoms with van der Waals surface area (Å²) < 4.78 is 10.2. The highest BCUT2D eigenvalue weighted by molar-refractivity contribution is 6.36. The average Bonchev–Trinajstić information content (AvgIpc) is 3.28. The number of hydrogen-bond acceptors (Lipinski definition) is 6. The quantitative estimate of drug-likeness (QED) is 0.0986. The second-order valence-corrected chi connectivity index (χ2v) is 12.1. The van der Waals surface area contributed by atoms with Gasteiger partial charge in [-0.1, -0.05) is 55.0 Å². The molecule has 0 aromatic heterocycles. The first-order chi connectivity index (χ1) is 20.2. The molecule has 7 nitrogen and oxygen atoms in total. The van der Waals surface area contributed by atoms with E-state index in [9.17, 15) is 19.2 Å². The molecule has 4 aliphatic rings. The third kappa shape index (κ3) is 4.24. The number of esters is 1. The van der Waals surface area contributed by atoms with Gasteiger partial charge in [-0.3, -0.25) is 24.1 Å². The highest BCUT2D eigenvalue weighted by Gasteiger charge is 2.72. The maximum atomic E-state index is 13.8. The summed E-state index contributed by atoms with van der Waals surface area (Å²) in [6, 6.07) is 21.7. The van der Waals surface area contributed by atoms with Crippen LogP contribution in [0.5, 0.6) is 5.75 Å². The van der Waals surface area contributed by atoms with Crippen molar-refractivity contribution in [1.82, 2.24) is 4.90 Å². The number of rotatable bonds is 10. The predicted molar refractivity (Wildman–Crippen MR) is 157 cm³/mol. The Kier molecular flexibility index (Phi) is 7.36. The van der Waals surface area contributed by atoms with Crippen molar-refractivity contribution < 1.29 is 28.7 Å². The molecule has 2 bridgehead atoms. The molecule has 42 heavy (non-hydrogen) atoms. The molecule has 3 aromatic rings. The Bertz CT molecular complexity index is 1460. The van der Waals surface area contributed by atoms with Gasteiger partial charge in [0.05, 0.1) is 18.9 Å². The molecule has 0 unspecified atom stereocenters. The SMILES string of the molecule is COc1ccc(C(=O)COC(=O)CCCCCN2C(=O)[C@@H]3[C@@H](C2=O)C2(Cl)c4ccccc4C3(Cl)c3ccccc32)cc1. The fraction of sp³-hybridized carbons (Fsp3) is 0.333. The number of imide groups is 1. The van der Waals surface area contributed by atoms with E-state index in [-0.39, 0.29) is 37.2 Å². The van der Waals surface area contributed by atoms with Gasteiger partial charge in [0, 0.05) is 18.5 Å². The van der Waals surface area contributed by atoms with E-state index in [1.165, 1.54) is 12.0 Å². The van der Waals surface area contributed by atoms with Crippen LogP contribution in [-0.2, 0) is 28.9 Å². The molecule has 3 aliphatic carbocycles.